The summed E-state index contributed by atoms with van der Waals surface area (Å²) in [5.74, 6) is -0.148. The van der Waals surface area contributed by atoms with Crippen LogP contribution < -0.4 is 4.90 Å². The lowest BCUT2D eigenvalue weighted by Gasteiger charge is -2.22. The SMILES string of the molecule is CCCCN(C)C(=O)c1cccc(C(=O)N(CC)c2ccccc2)c1. The average molecular weight is 338 g/mol. The maximum atomic E-state index is 12.9. The van der Waals surface area contributed by atoms with E-state index < -0.39 is 0 Å². The minimum absolute atomic E-state index is 0.0501. The number of carbonyl (C=O) groups is 2. The molecule has 25 heavy (non-hydrogen) atoms. The van der Waals surface area contributed by atoms with Crippen LogP contribution in [0.5, 0.6) is 0 Å². The van der Waals surface area contributed by atoms with Gasteiger partial charge in [-0.3, -0.25) is 9.59 Å². The van der Waals surface area contributed by atoms with Crippen LogP contribution in [0.25, 0.3) is 0 Å². The van der Waals surface area contributed by atoms with Crippen molar-refractivity contribution < 1.29 is 9.59 Å². The molecule has 0 radical (unpaired) electrons. The molecule has 0 fully saturated rings. The molecule has 4 heteroatoms. The Morgan fingerprint density at radius 1 is 0.880 bits per heavy atom. The number of hydrogen-bond acceptors (Lipinski definition) is 2. The third-order valence-electron chi connectivity index (χ3n) is 4.18. The molecule has 132 valence electrons. The Hall–Kier alpha value is -2.62. The van der Waals surface area contributed by atoms with Crippen LogP contribution in [0.3, 0.4) is 0 Å². The van der Waals surface area contributed by atoms with Gasteiger partial charge in [-0.15, -0.1) is 0 Å². The zero-order valence-corrected chi connectivity index (χ0v) is 15.2. The lowest BCUT2D eigenvalue weighted by Crippen LogP contribution is -2.31. The second-order valence-corrected chi connectivity index (χ2v) is 6.05. The summed E-state index contributed by atoms with van der Waals surface area (Å²) in [6.45, 7) is 5.33. The Morgan fingerprint density at radius 3 is 2.12 bits per heavy atom. The largest absolute Gasteiger partial charge is 0.342 e. The minimum atomic E-state index is -0.0976. The molecular formula is C21H26N2O2. The van der Waals surface area contributed by atoms with Crippen molar-refractivity contribution in [2.45, 2.75) is 26.7 Å². The standard InChI is InChI=1S/C21H26N2O2/c1-4-6-15-22(3)20(24)17-11-10-12-18(16-17)21(25)23(5-2)19-13-8-7-9-14-19/h7-14,16H,4-6,15H2,1-3H3. The first-order chi connectivity index (χ1) is 12.1. The molecule has 0 bridgehead atoms. The number of para-hydroxylation sites is 1. The first-order valence-corrected chi connectivity index (χ1v) is 8.81. The zero-order chi connectivity index (χ0) is 18.2. The van der Waals surface area contributed by atoms with Gasteiger partial charge in [-0.25, -0.2) is 0 Å². The van der Waals surface area contributed by atoms with Crippen molar-refractivity contribution >= 4 is 17.5 Å². The zero-order valence-electron chi connectivity index (χ0n) is 15.2. The molecular weight excluding hydrogens is 312 g/mol. The van der Waals surface area contributed by atoms with Gasteiger partial charge in [-0.05, 0) is 43.7 Å². The number of carbonyl (C=O) groups excluding carboxylic acids is 2. The molecule has 0 N–H and O–H groups in total. The number of anilines is 1. The van der Waals surface area contributed by atoms with Gasteiger partial charge in [0, 0.05) is 37.0 Å². The predicted molar refractivity (Wildman–Crippen MR) is 102 cm³/mol. The van der Waals surface area contributed by atoms with E-state index in [9.17, 15) is 9.59 Å². The normalized spacial score (nSPS) is 10.4. The summed E-state index contributed by atoms with van der Waals surface area (Å²) >= 11 is 0. The summed E-state index contributed by atoms with van der Waals surface area (Å²) in [7, 11) is 1.80. The van der Waals surface area contributed by atoms with Gasteiger partial charge in [-0.1, -0.05) is 37.6 Å². The Kier molecular flexibility index (Phi) is 6.75. The maximum absolute atomic E-state index is 12.9. The van der Waals surface area contributed by atoms with E-state index in [0.717, 1.165) is 25.1 Å². The molecule has 0 aromatic heterocycles. The van der Waals surface area contributed by atoms with Crippen molar-refractivity contribution in [3.8, 4) is 0 Å². The van der Waals surface area contributed by atoms with Crippen LogP contribution in [-0.4, -0.2) is 36.9 Å². The molecule has 4 nitrogen and oxygen atoms in total. The van der Waals surface area contributed by atoms with Crippen LogP contribution in [0.2, 0.25) is 0 Å². The molecule has 0 aliphatic carbocycles. The lowest BCUT2D eigenvalue weighted by atomic mass is 10.1. The fourth-order valence-corrected chi connectivity index (χ4v) is 2.71. The van der Waals surface area contributed by atoms with Gasteiger partial charge in [0.25, 0.3) is 11.8 Å². The Balaban J connectivity index is 2.22. The molecule has 0 unspecified atom stereocenters. The Bertz CT molecular complexity index is 713. The molecule has 0 heterocycles. The van der Waals surface area contributed by atoms with Crippen molar-refractivity contribution in [1.82, 2.24) is 4.90 Å². The van der Waals surface area contributed by atoms with E-state index in [4.69, 9.17) is 0 Å². The van der Waals surface area contributed by atoms with Gasteiger partial charge >= 0.3 is 0 Å². The van der Waals surface area contributed by atoms with Crippen LogP contribution in [0.15, 0.2) is 54.6 Å². The van der Waals surface area contributed by atoms with Gasteiger partial charge in [-0.2, -0.15) is 0 Å². The highest BCUT2D eigenvalue weighted by molar-refractivity contribution is 6.07. The predicted octanol–water partition coefficient (Wildman–Crippen LogP) is 4.23. The summed E-state index contributed by atoms with van der Waals surface area (Å²) < 4.78 is 0. The van der Waals surface area contributed by atoms with Crippen LogP contribution in [0.1, 0.15) is 47.4 Å². The van der Waals surface area contributed by atoms with Crippen LogP contribution in [0, 0.1) is 0 Å². The van der Waals surface area contributed by atoms with Gasteiger partial charge in [0.1, 0.15) is 0 Å². The second-order valence-electron chi connectivity index (χ2n) is 6.05. The number of unbranched alkanes of at least 4 members (excludes halogenated alkanes) is 1. The molecule has 0 aliphatic rings. The van der Waals surface area contributed by atoms with E-state index >= 15 is 0 Å². The molecule has 0 saturated heterocycles. The summed E-state index contributed by atoms with van der Waals surface area (Å²) in [5.41, 5.74) is 1.93. The number of amides is 2. The van der Waals surface area contributed by atoms with Gasteiger partial charge < -0.3 is 9.80 Å². The molecule has 0 saturated carbocycles. The smallest absolute Gasteiger partial charge is 0.258 e. The summed E-state index contributed by atoms with van der Waals surface area (Å²) in [6, 6.07) is 16.6. The maximum Gasteiger partial charge on any atom is 0.258 e. The van der Waals surface area contributed by atoms with Crippen LogP contribution >= 0.6 is 0 Å². The Labute approximate surface area is 150 Å². The van der Waals surface area contributed by atoms with Crippen molar-refractivity contribution in [3.05, 3.63) is 65.7 Å². The van der Waals surface area contributed by atoms with E-state index in [-0.39, 0.29) is 11.8 Å². The number of nitrogens with zero attached hydrogens (tertiary/aromatic N) is 2. The fraction of sp³-hybridized carbons (Fsp3) is 0.333. The van der Waals surface area contributed by atoms with Crippen molar-refractivity contribution in [1.29, 1.82) is 0 Å². The van der Waals surface area contributed by atoms with Crippen LogP contribution in [-0.2, 0) is 0 Å². The molecule has 2 aromatic rings. The van der Waals surface area contributed by atoms with E-state index in [1.165, 1.54) is 0 Å². The molecule has 0 aliphatic heterocycles. The number of rotatable bonds is 7. The first kappa shape index (κ1) is 18.7. The molecule has 2 rings (SSSR count). The van der Waals surface area contributed by atoms with Crippen LogP contribution in [0.4, 0.5) is 5.69 Å². The van der Waals surface area contributed by atoms with Crippen molar-refractivity contribution in [2.75, 3.05) is 25.0 Å². The molecule has 0 atom stereocenters. The highest BCUT2D eigenvalue weighted by Crippen LogP contribution is 2.18. The highest BCUT2D eigenvalue weighted by Gasteiger charge is 2.18. The average Bonchev–Trinajstić information content (AvgIpc) is 2.67. The summed E-state index contributed by atoms with van der Waals surface area (Å²) in [6.07, 6.45) is 2.01. The van der Waals surface area contributed by atoms with E-state index in [2.05, 4.69) is 6.92 Å². The third-order valence-corrected chi connectivity index (χ3v) is 4.18. The summed E-state index contributed by atoms with van der Waals surface area (Å²) in [4.78, 5) is 28.9. The van der Waals surface area contributed by atoms with Gasteiger partial charge in [0.15, 0.2) is 0 Å². The fourth-order valence-electron chi connectivity index (χ4n) is 2.71. The third kappa shape index (κ3) is 4.69. The quantitative estimate of drug-likeness (QED) is 0.758. The second kappa shape index (κ2) is 9.02. The number of benzene rings is 2. The van der Waals surface area contributed by atoms with E-state index in [1.807, 2.05) is 37.3 Å². The topological polar surface area (TPSA) is 40.6 Å². The molecule has 2 amide bonds. The minimum Gasteiger partial charge on any atom is -0.342 e. The van der Waals surface area contributed by atoms with Gasteiger partial charge in [0.05, 0.1) is 0 Å². The molecule has 2 aromatic carbocycles. The van der Waals surface area contributed by atoms with E-state index in [1.54, 1.807) is 41.1 Å². The summed E-state index contributed by atoms with van der Waals surface area (Å²) in [5, 5.41) is 0. The van der Waals surface area contributed by atoms with Crippen molar-refractivity contribution in [2.24, 2.45) is 0 Å². The monoisotopic (exact) mass is 338 g/mol. The highest BCUT2D eigenvalue weighted by atomic mass is 16.2. The lowest BCUT2D eigenvalue weighted by molar-refractivity contribution is 0.0793. The van der Waals surface area contributed by atoms with E-state index in [0.29, 0.717) is 17.7 Å². The number of hydrogen-bond donors (Lipinski definition) is 0. The van der Waals surface area contributed by atoms with Crippen molar-refractivity contribution in [3.63, 3.8) is 0 Å². The first-order valence-electron chi connectivity index (χ1n) is 8.81. The van der Waals surface area contributed by atoms with Gasteiger partial charge in [0.2, 0.25) is 0 Å². The molecule has 0 spiro atoms. The Morgan fingerprint density at radius 2 is 1.52 bits per heavy atom.